The Morgan fingerprint density at radius 2 is 2.42 bits per heavy atom. The molecule has 0 fully saturated rings. The Bertz CT molecular complexity index is 539. The third kappa shape index (κ3) is 2.80. The Kier molecular flexibility index (Phi) is 3.80. The molecule has 1 unspecified atom stereocenters. The van der Waals surface area contributed by atoms with E-state index in [0.29, 0.717) is 6.04 Å². The first-order valence-corrected chi connectivity index (χ1v) is 7.53. The zero-order chi connectivity index (χ0) is 13.1. The molecule has 0 bridgehead atoms. The van der Waals surface area contributed by atoms with E-state index in [1.54, 1.807) is 18.4 Å². The van der Waals surface area contributed by atoms with Crippen LogP contribution in [-0.2, 0) is 13.0 Å². The maximum atomic E-state index is 5.34. The van der Waals surface area contributed by atoms with Crippen LogP contribution in [0.2, 0.25) is 0 Å². The molecule has 2 aromatic rings. The van der Waals surface area contributed by atoms with Crippen LogP contribution in [0.5, 0.6) is 5.75 Å². The van der Waals surface area contributed by atoms with Gasteiger partial charge >= 0.3 is 0 Å². The van der Waals surface area contributed by atoms with Crippen LogP contribution in [0.25, 0.3) is 0 Å². The van der Waals surface area contributed by atoms with Crippen molar-refractivity contribution in [2.24, 2.45) is 0 Å². The first kappa shape index (κ1) is 12.6. The third-order valence-corrected chi connectivity index (χ3v) is 4.43. The average molecular weight is 274 g/mol. The monoisotopic (exact) mass is 274 g/mol. The maximum absolute atomic E-state index is 5.34. The van der Waals surface area contributed by atoms with Gasteiger partial charge in [-0.05, 0) is 42.5 Å². The molecule has 1 aliphatic carbocycles. The number of hydrogen-bond donors (Lipinski definition) is 1. The van der Waals surface area contributed by atoms with Crippen molar-refractivity contribution < 1.29 is 4.74 Å². The molecule has 19 heavy (non-hydrogen) atoms. The van der Waals surface area contributed by atoms with E-state index < -0.39 is 0 Å². The van der Waals surface area contributed by atoms with Gasteiger partial charge in [0, 0.05) is 24.2 Å². The van der Waals surface area contributed by atoms with Crippen LogP contribution in [-0.4, -0.2) is 12.1 Å². The highest BCUT2D eigenvalue weighted by atomic mass is 32.1. The summed E-state index contributed by atoms with van der Waals surface area (Å²) >= 11 is 1.70. The van der Waals surface area contributed by atoms with Crippen LogP contribution >= 0.6 is 11.3 Å². The van der Waals surface area contributed by atoms with Gasteiger partial charge in [-0.15, -0.1) is 11.3 Å². The standard InChI is InChI=1S/C15H18N2OS/c1-18-12-6-5-11-3-2-4-14(13(11)9-12)17-10-15-16-7-8-19-15/h5-9,14,17H,2-4,10H2,1H3. The number of aromatic nitrogens is 1. The first-order chi connectivity index (χ1) is 9.36. The second-order valence-electron chi connectivity index (χ2n) is 4.82. The SMILES string of the molecule is COc1ccc2c(c1)C(NCc1nccs1)CCC2. The van der Waals surface area contributed by atoms with Gasteiger partial charge in [0.2, 0.25) is 0 Å². The zero-order valence-electron chi connectivity index (χ0n) is 11.1. The van der Waals surface area contributed by atoms with E-state index in [1.165, 1.54) is 30.4 Å². The van der Waals surface area contributed by atoms with Crippen LogP contribution < -0.4 is 10.1 Å². The Hall–Kier alpha value is -1.39. The normalized spacial score (nSPS) is 18.1. The van der Waals surface area contributed by atoms with Crippen molar-refractivity contribution in [3.63, 3.8) is 0 Å². The molecule has 0 saturated carbocycles. The Balaban J connectivity index is 1.77. The summed E-state index contributed by atoms with van der Waals surface area (Å²) in [7, 11) is 1.72. The maximum Gasteiger partial charge on any atom is 0.119 e. The summed E-state index contributed by atoms with van der Waals surface area (Å²) in [5.74, 6) is 0.946. The van der Waals surface area contributed by atoms with E-state index in [9.17, 15) is 0 Å². The largest absolute Gasteiger partial charge is 0.497 e. The van der Waals surface area contributed by atoms with Crippen molar-refractivity contribution in [2.45, 2.75) is 31.8 Å². The molecule has 100 valence electrons. The van der Waals surface area contributed by atoms with Gasteiger partial charge in [0.1, 0.15) is 10.8 Å². The summed E-state index contributed by atoms with van der Waals surface area (Å²) < 4.78 is 5.34. The molecule has 0 amide bonds. The topological polar surface area (TPSA) is 34.1 Å². The lowest BCUT2D eigenvalue weighted by Gasteiger charge is -2.26. The molecule has 3 rings (SSSR count). The Labute approximate surface area is 117 Å². The highest BCUT2D eigenvalue weighted by Gasteiger charge is 2.20. The van der Waals surface area contributed by atoms with Crippen molar-refractivity contribution >= 4 is 11.3 Å². The van der Waals surface area contributed by atoms with Crippen LogP contribution in [0, 0.1) is 0 Å². The van der Waals surface area contributed by atoms with Gasteiger partial charge in [-0.25, -0.2) is 4.98 Å². The summed E-state index contributed by atoms with van der Waals surface area (Å²) in [5.41, 5.74) is 2.84. The van der Waals surface area contributed by atoms with Gasteiger partial charge in [-0.3, -0.25) is 0 Å². The number of nitrogens with zero attached hydrogens (tertiary/aromatic N) is 1. The molecule has 1 N–H and O–H groups in total. The van der Waals surface area contributed by atoms with Crippen LogP contribution in [0.15, 0.2) is 29.8 Å². The van der Waals surface area contributed by atoms with Crippen molar-refractivity contribution in [3.05, 3.63) is 45.9 Å². The van der Waals surface area contributed by atoms with E-state index in [1.807, 2.05) is 11.6 Å². The fraction of sp³-hybridized carbons (Fsp3) is 0.400. The van der Waals surface area contributed by atoms with Gasteiger partial charge < -0.3 is 10.1 Å². The number of thiazole rings is 1. The number of aryl methyl sites for hydroxylation is 1. The molecule has 0 aliphatic heterocycles. The second-order valence-corrected chi connectivity index (χ2v) is 5.80. The number of methoxy groups -OCH3 is 1. The van der Waals surface area contributed by atoms with Crippen LogP contribution in [0.4, 0.5) is 0 Å². The van der Waals surface area contributed by atoms with Crippen LogP contribution in [0.1, 0.15) is 35.0 Å². The minimum absolute atomic E-state index is 0.419. The molecular weight excluding hydrogens is 256 g/mol. The number of ether oxygens (including phenoxy) is 1. The minimum Gasteiger partial charge on any atom is -0.497 e. The van der Waals surface area contributed by atoms with Crippen molar-refractivity contribution in [3.8, 4) is 5.75 Å². The Morgan fingerprint density at radius 3 is 3.21 bits per heavy atom. The van der Waals surface area contributed by atoms with Crippen molar-refractivity contribution in [1.29, 1.82) is 0 Å². The van der Waals surface area contributed by atoms with Gasteiger partial charge in [-0.1, -0.05) is 6.07 Å². The number of nitrogens with one attached hydrogen (secondary N) is 1. The molecule has 4 heteroatoms. The van der Waals surface area contributed by atoms with Crippen molar-refractivity contribution in [1.82, 2.24) is 10.3 Å². The molecular formula is C15H18N2OS. The summed E-state index contributed by atoms with van der Waals surface area (Å²) in [4.78, 5) is 4.32. The smallest absolute Gasteiger partial charge is 0.119 e. The highest BCUT2D eigenvalue weighted by Crippen LogP contribution is 2.32. The van der Waals surface area contributed by atoms with E-state index in [0.717, 1.165) is 17.3 Å². The molecule has 0 saturated heterocycles. The average Bonchev–Trinajstić information content (AvgIpc) is 2.97. The van der Waals surface area contributed by atoms with Gasteiger partial charge in [0.15, 0.2) is 0 Å². The van der Waals surface area contributed by atoms with E-state index in [2.05, 4.69) is 28.5 Å². The van der Waals surface area contributed by atoms with Gasteiger partial charge in [0.05, 0.1) is 7.11 Å². The quantitative estimate of drug-likeness (QED) is 0.928. The molecule has 3 nitrogen and oxygen atoms in total. The molecule has 0 radical (unpaired) electrons. The summed E-state index contributed by atoms with van der Waals surface area (Å²) in [6.45, 7) is 0.846. The minimum atomic E-state index is 0.419. The number of rotatable bonds is 4. The predicted octanol–water partition coefficient (Wildman–Crippen LogP) is 3.32. The van der Waals surface area contributed by atoms with Crippen LogP contribution in [0.3, 0.4) is 0 Å². The van der Waals surface area contributed by atoms with Gasteiger partial charge in [-0.2, -0.15) is 0 Å². The van der Waals surface area contributed by atoms with Gasteiger partial charge in [0.25, 0.3) is 0 Å². The van der Waals surface area contributed by atoms with Crippen molar-refractivity contribution in [2.75, 3.05) is 7.11 Å². The molecule has 1 aromatic carbocycles. The highest BCUT2D eigenvalue weighted by molar-refractivity contribution is 7.09. The molecule has 1 heterocycles. The number of hydrogen-bond acceptors (Lipinski definition) is 4. The molecule has 0 spiro atoms. The first-order valence-electron chi connectivity index (χ1n) is 6.65. The summed E-state index contributed by atoms with van der Waals surface area (Å²) in [6, 6.07) is 6.85. The van der Waals surface area contributed by atoms with E-state index in [4.69, 9.17) is 4.74 Å². The second kappa shape index (κ2) is 5.72. The van der Waals surface area contributed by atoms with E-state index >= 15 is 0 Å². The fourth-order valence-corrected chi connectivity index (χ4v) is 3.23. The molecule has 1 aromatic heterocycles. The lowest BCUT2D eigenvalue weighted by Crippen LogP contribution is -2.24. The number of benzene rings is 1. The lowest BCUT2D eigenvalue weighted by atomic mass is 9.87. The third-order valence-electron chi connectivity index (χ3n) is 3.65. The zero-order valence-corrected chi connectivity index (χ0v) is 11.9. The lowest BCUT2D eigenvalue weighted by molar-refractivity contribution is 0.408. The summed E-state index contributed by atoms with van der Waals surface area (Å²) in [6.07, 6.45) is 5.47. The summed E-state index contributed by atoms with van der Waals surface area (Å²) in [5, 5.41) is 6.79. The fourth-order valence-electron chi connectivity index (χ4n) is 2.67. The molecule has 1 atom stereocenters. The van der Waals surface area contributed by atoms with E-state index in [-0.39, 0.29) is 0 Å². The Morgan fingerprint density at radius 1 is 1.47 bits per heavy atom. The molecule has 1 aliphatic rings. The number of fused-ring (bicyclic) bond motifs is 1. The predicted molar refractivity (Wildman–Crippen MR) is 77.6 cm³/mol.